The first-order valence-corrected chi connectivity index (χ1v) is 8.95. The molecule has 0 aromatic heterocycles. The van der Waals surface area contributed by atoms with Gasteiger partial charge in [0.05, 0.1) is 17.7 Å². The van der Waals surface area contributed by atoms with Crippen molar-refractivity contribution in [1.82, 2.24) is 4.90 Å². The highest BCUT2D eigenvalue weighted by atomic mass is 16.6. The number of ether oxygens (including phenoxy) is 1. The van der Waals surface area contributed by atoms with E-state index in [1.807, 2.05) is 59.5 Å². The van der Waals surface area contributed by atoms with Crippen LogP contribution in [-0.2, 0) is 11.3 Å². The van der Waals surface area contributed by atoms with Gasteiger partial charge in [0.2, 0.25) is 0 Å². The largest absolute Gasteiger partial charge is 0.445 e. The average molecular weight is 344 g/mol. The molecule has 2 unspecified atom stereocenters. The van der Waals surface area contributed by atoms with Crippen LogP contribution in [0.5, 0.6) is 0 Å². The zero-order valence-electron chi connectivity index (χ0n) is 14.5. The first kappa shape index (κ1) is 16.4. The molecule has 2 aromatic rings. The third-order valence-corrected chi connectivity index (χ3v) is 5.20. The summed E-state index contributed by atoms with van der Waals surface area (Å²) in [6.45, 7) is 0.295. The van der Waals surface area contributed by atoms with Gasteiger partial charge in [0, 0.05) is 6.04 Å². The Labute approximate surface area is 153 Å². The maximum atomic E-state index is 12.6. The molecule has 2 aromatic carbocycles. The molecule has 2 aliphatic heterocycles. The number of carbonyl (C=O) groups is 1. The smallest absolute Gasteiger partial charge is 0.410 e. The standard InChI is InChI=1S/C22H20N2O2/c23-14-17-8-4-5-9-21(17)18-12-19-10-11-20(13-18)24(19)22(25)26-15-16-6-2-1-3-7-16/h1-9,12,19-20H,10-11,13,15H2. The molecule has 2 heterocycles. The van der Waals surface area contributed by atoms with E-state index in [4.69, 9.17) is 4.74 Å². The van der Waals surface area contributed by atoms with Crippen LogP contribution in [0, 0.1) is 11.3 Å². The first-order chi connectivity index (χ1) is 12.8. The lowest BCUT2D eigenvalue weighted by atomic mass is 9.92. The molecule has 1 amide bonds. The van der Waals surface area contributed by atoms with Gasteiger partial charge in [0.15, 0.2) is 0 Å². The second kappa shape index (κ2) is 7.05. The molecule has 0 saturated carbocycles. The van der Waals surface area contributed by atoms with Gasteiger partial charge in [-0.25, -0.2) is 4.79 Å². The summed E-state index contributed by atoms with van der Waals surface area (Å²) in [5, 5.41) is 9.35. The molecule has 2 aliphatic rings. The van der Waals surface area contributed by atoms with Gasteiger partial charge in [-0.05, 0) is 42.0 Å². The topological polar surface area (TPSA) is 53.3 Å². The highest BCUT2D eigenvalue weighted by Crippen LogP contribution is 2.39. The molecule has 1 fully saturated rings. The van der Waals surface area contributed by atoms with E-state index in [1.165, 1.54) is 5.57 Å². The van der Waals surface area contributed by atoms with Crippen molar-refractivity contribution in [2.75, 3.05) is 0 Å². The Kier molecular flexibility index (Phi) is 4.45. The number of amides is 1. The minimum absolute atomic E-state index is 0.0544. The fraction of sp³-hybridized carbons (Fsp3) is 0.273. The molecule has 4 rings (SSSR count). The summed E-state index contributed by atoms with van der Waals surface area (Å²) in [4.78, 5) is 14.5. The van der Waals surface area contributed by atoms with E-state index in [0.29, 0.717) is 12.2 Å². The summed E-state index contributed by atoms with van der Waals surface area (Å²) >= 11 is 0. The monoisotopic (exact) mass is 344 g/mol. The van der Waals surface area contributed by atoms with E-state index in [1.54, 1.807) is 0 Å². The van der Waals surface area contributed by atoms with E-state index in [2.05, 4.69) is 12.1 Å². The van der Waals surface area contributed by atoms with Gasteiger partial charge in [-0.1, -0.05) is 54.6 Å². The number of hydrogen-bond acceptors (Lipinski definition) is 3. The van der Waals surface area contributed by atoms with Crippen LogP contribution in [0.3, 0.4) is 0 Å². The Bertz CT molecular complexity index is 883. The van der Waals surface area contributed by atoms with Crippen molar-refractivity contribution in [1.29, 1.82) is 5.26 Å². The van der Waals surface area contributed by atoms with Crippen molar-refractivity contribution < 1.29 is 9.53 Å². The Morgan fingerprint density at radius 2 is 1.88 bits per heavy atom. The third kappa shape index (κ3) is 3.09. The predicted octanol–water partition coefficient (Wildman–Crippen LogP) is 4.52. The third-order valence-electron chi connectivity index (χ3n) is 5.20. The first-order valence-electron chi connectivity index (χ1n) is 8.95. The van der Waals surface area contributed by atoms with Gasteiger partial charge in [-0.15, -0.1) is 0 Å². The van der Waals surface area contributed by atoms with E-state index in [-0.39, 0.29) is 18.2 Å². The summed E-state index contributed by atoms with van der Waals surface area (Å²) < 4.78 is 5.54. The molecule has 0 N–H and O–H groups in total. The number of rotatable bonds is 3. The van der Waals surface area contributed by atoms with Crippen LogP contribution in [0.15, 0.2) is 60.7 Å². The zero-order chi connectivity index (χ0) is 17.9. The fourth-order valence-electron chi connectivity index (χ4n) is 3.97. The summed E-state index contributed by atoms with van der Waals surface area (Å²) in [6.07, 6.45) is 4.59. The predicted molar refractivity (Wildman–Crippen MR) is 99.0 cm³/mol. The number of nitrogens with zero attached hydrogens (tertiary/aromatic N) is 2. The second-order valence-corrected chi connectivity index (χ2v) is 6.80. The maximum Gasteiger partial charge on any atom is 0.410 e. The Morgan fingerprint density at radius 1 is 1.12 bits per heavy atom. The van der Waals surface area contributed by atoms with Crippen molar-refractivity contribution in [3.05, 3.63) is 77.4 Å². The molecule has 2 bridgehead atoms. The minimum Gasteiger partial charge on any atom is -0.445 e. The lowest BCUT2D eigenvalue weighted by Gasteiger charge is -2.33. The molecule has 1 saturated heterocycles. The number of benzene rings is 2. The normalized spacial score (nSPS) is 21.0. The van der Waals surface area contributed by atoms with Crippen LogP contribution in [0.2, 0.25) is 0 Å². The van der Waals surface area contributed by atoms with Gasteiger partial charge in [-0.3, -0.25) is 4.90 Å². The quantitative estimate of drug-likeness (QED) is 0.823. The van der Waals surface area contributed by atoms with E-state index in [9.17, 15) is 10.1 Å². The van der Waals surface area contributed by atoms with Crippen molar-refractivity contribution in [2.45, 2.75) is 38.0 Å². The van der Waals surface area contributed by atoms with E-state index >= 15 is 0 Å². The van der Waals surface area contributed by atoms with Gasteiger partial charge in [-0.2, -0.15) is 5.26 Å². The molecule has 2 atom stereocenters. The lowest BCUT2D eigenvalue weighted by Crippen LogP contribution is -2.43. The summed E-state index contributed by atoms with van der Waals surface area (Å²) in [7, 11) is 0. The molecule has 130 valence electrons. The van der Waals surface area contributed by atoms with Crippen LogP contribution in [0.25, 0.3) is 5.57 Å². The molecule has 0 aliphatic carbocycles. The molecular formula is C22H20N2O2. The van der Waals surface area contributed by atoms with Gasteiger partial charge in [0.25, 0.3) is 0 Å². The van der Waals surface area contributed by atoms with Crippen molar-refractivity contribution in [3.63, 3.8) is 0 Å². The second-order valence-electron chi connectivity index (χ2n) is 6.80. The van der Waals surface area contributed by atoms with Crippen molar-refractivity contribution in [3.8, 4) is 6.07 Å². The number of nitriles is 1. The highest BCUT2D eigenvalue weighted by Gasteiger charge is 2.40. The minimum atomic E-state index is -0.245. The van der Waals surface area contributed by atoms with Gasteiger partial charge in [0.1, 0.15) is 6.61 Å². The SMILES string of the molecule is N#Cc1ccccc1C1=CC2CCC(C1)N2C(=O)OCc1ccccc1. The van der Waals surface area contributed by atoms with Crippen LogP contribution in [0.1, 0.15) is 36.0 Å². The number of hydrogen-bond donors (Lipinski definition) is 0. The molecular weight excluding hydrogens is 324 g/mol. The highest BCUT2D eigenvalue weighted by molar-refractivity contribution is 5.76. The number of fused-ring (bicyclic) bond motifs is 2. The van der Waals surface area contributed by atoms with Crippen LogP contribution < -0.4 is 0 Å². The lowest BCUT2D eigenvalue weighted by molar-refractivity contribution is 0.0832. The summed E-state index contributed by atoms with van der Waals surface area (Å²) in [5.74, 6) is 0. The summed E-state index contributed by atoms with van der Waals surface area (Å²) in [5.41, 5.74) is 3.84. The van der Waals surface area contributed by atoms with Crippen LogP contribution >= 0.6 is 0 Å². The van der Waals surface area contributed by atoms with Crippen molar-refractivity contribution in [2.24, 2.45) is 0 Å². The molecule has 4 nitrogen and oxygen atoms in total. The molecule has 26 heavy (non-hydrogen) atoms. The van der Waals surface area contributed by atoms with E-state index in [0.717, 1.165) is 30.4 Å². The Hall–Kier alpha value is -3.06. The maximum absolute atomic E-state index is 12.6. The Balaban J connectivity index is 1.50. The fourth-order valence-corrected chi connectivity index (χ4v) is 3.97. The number of carbonyl (C=O) groups excluding carboxylic acids is 1. The Morgan fingerprint density at radius 3 is 2.65 bits per heavy atom. The van der Waals surface area contributed by atoms with E-state index < -0.39 is 0 Å². The van der Waals surface area contributed by atoms with Gasteiger partial charge < -0.3 is 4.74 Å². The van der Waals surface area contributed by atoms with Crippen LogP contribution in [0.4, 0.5) is 4.79 Å². The zero-order valence-corrected chi connectivity index (χ0v) is 14.5. The van der Waals surface area contributed by atoms with Crippen molar-refractivity contribution >= 4 is 11.7 Å². The van der Waals surface area contributed by atoms with Gasteiger partial charge >= 0.3 is 6.09 Å². The summed E-state index contributed by atoms with van der Waals surface area (Å²) in [6, 6.07) is 19.9. The molecule has 4 heteroatoms. The average Bonchev–Trinajstić information content (AvgIpc) is 2.96. The molecule has 0 spiro atoms. The van der Waals surface area contributed by atoms with Crippen LogP contribution in [-0.4, -0.2) is 23.1 Å². The molecule has 0 radical (unpaired) electrons.